The topological polar surface area (TPSA) is 214 Å². The number of hydrogen-bond donors (Lipinski definition) is 8. The molecule has 0 amide bonds. The van der Waals surface area contributed by atoms with Crippen molar-refractivity contribution in [1.29, 1.82) is 0 Å². The van der Waals surface area contributed by atoms with Gasteiger partial charge < -0.3 is 29.8 Å². The Morgan fingerprint density at radius 2 is 1.00 bits per heavy atom. The summed E-state index contributed by atoms with van der Waals surface area (Å²) in [7, 11) is -8.19. The monoisotopic (exact) mass is 402 g/mol. The predicted molar refractivity (Wildman–Crippen MR) is 65.1 cm³/mol. The molecule has 0 aliphatic rings. The Morgan fingerprint density at radius 3 is 1.14 bits per heavy atom. The van der Waals surface area contributed by atoms with Crippen molar-refractivity contribution in [3.05, 3.63) is 0 Å². The van der Waals surface area contributed by atoms with Crippen molar-refractivity contribution in [2.75, 3.05) is 25.7 Å². The van der Waals surface area contributed by atoms with E-state index in [0.29, 0.717) is 0 Å². The second-order valence-electron chi connectivity index (χ2n) is 3.29. The van der Waals surface area contributed by atoms with Gasteiger partial charge in [-0.15, -0.1) is 0 Å². The van der Waals surface area contributed by atoms with Gasteiger partial charge in [-0.2, -0.15) is 0 Å². The fourth-order valence-corrected chi connectivity index (χ4v) is 1.42. The Kier molecular flexibility index (Phi) is 15.1. The third-order valence-corrected chi connectivity index (χ3v) is 2.46. The van der Waals surface area contributed by atoms with E-state index < -0.39 is 52.8 Å². The Labute approximate surface area is 132 Å². The van der Waals surface area contributed by atoms with E-state index in [2.05, 4.69) is 10.6 Å². The fourth-order valence-electron chi connectivity index (χ4n) is 0.617. The van der Waals surface area contributed by atoms with Gasteiger partial charge in [0.25, 0.3) is 0 Å². The van der Waals surface area contributed by atoms with Gasteiger partial charge in [0.05, 0.1) is 25.7 Å². The van der Waals surface area contributed by atoms with Gasteiger partial charge in [-0.25, -0.2) is 0 Å². The van der Waals surface area contributed by atoms with Crippen LogP contribution >= 0.6 is 15.2 Å². The minimum atomic E-state index is -4.10. The summed E-state index contributed by atoms with van der Waals surface area (Å²) in [5.74, 6) is -2.29. The SMILES string of the molecule is O=C(O)CNCP(=O)(O)O.O=C(O)CNCP(=O)(O)O.[Zn]. The molecular formula is C6H16N2O10P2Zn. The van der Waals surface area contributed by atoms with Crippen LogP contribution in [-0.2, 0) is 38.2 Å². The number of carboxylic acids is 2. The van der Waals surface area contributed by atoms with E-state index in [4.69, 9.17) is 29.8 Å². The van der Waals surface area contributed by atoms with Gasteiger partial charge >= 0.3 is 27.1 Å². The number of aliphatic carboxylic acids is 2. The van der Waals surface area contributed by atoms with E-state index in [1.165, 1.54) is 0 Å². The summed E-state index contributed by atoms with van der Waals surface area (Å²) in [4.78, 5) is 52.3. The zero-order chi connectivity index (χ0) is 16.4. The number of nitrogens with one attached hydrogen (secondary N) is 2. The molecule has 21 heavy (non-hydrogen) atoms. The normalized spacial score (nSPS) is 10.9. The van der Waals surface area contributed by atoms with Gasteiger partial charge in [-0.1, -0.05) is 0 Å². The first-order valence-electron chi connectivity index (χ1n) is 4.77. The van der Waals surface area contributed by atoms with Crippen LogP contribution < -0.4 is 10.6 Å². The van der Waals surface area contributed by atoms with E-state index in [1.54, 1.807) is 0 Å². The van der Waals surface area contributed by atoms with Crippen molar-refractivity contribution in [3.63, 3.8) is 0 Å². The molecule has 0 saturated heterocycles. The van der Waals surface area contributed by atoms with Crippen molar-refractivity contribution in [2.45, 2.75) is 0 Å². The summed E-state index contributed by atoms with van der Waals surface area (Å²) in [5.41, 5.74) is 0. The Bertz CT molecular complexity index is 368. The zero-order valence-corrected chi connectivity index (χ0v) is 15.5. The maximum atomic E-state index is 10.1. The van der Waals surface area contributed by atoms with E-state index >= 15 is 0 Å². The van der Waals surface area contributed by atoms with Crippen molar-refractivity contribution < 1.29 is 68.0 Å². The molecule has 122 valence electrons. The molecule has 12 nitrogen and oxygen atoms in total. The molecule has 0 unspecified atom stereocenters. The molecule has 0 spiro atoms. The standard InChI is InChI=1S/2C3H8NO5P.Zn/c2*5-3(6)1-4-2-10(7,8)9;/h2*4H,1-2H2,(H,5,6)(H2,7,8,9);. The number of hydrogen-bond acceptors (Lipinski definition) is 6. The third-order valence-electron chi connectivity index (χ3n) is 1.19. The second-order valence-corrected chi connectivity index (χ2v) is 6.58. The summed E-state index contributed by atoms with van der Waals surface area (Å²) in [6.45, 7) is -0.879. The van der Waals surface area contributed by atoms with Crippen LogP contribution in [0.15, 0.2) is 0 Å². The Morgan fingerprint density at radius 1 is 0.762 bits per heavy atom. The molecule has 0 rings (SSSR count). The molecule has 0 atom stereocenters. The van der Waals surface area contributed by atoms with Crippen LogP contribution in [-0.4, -0.2) is 67.4 Å². The largest absolute Gasteiger partial charge is 0.480 e. The molecule has 0 aromatic rings. The average Bonchev–Trinajstić information content (AvgIpc) is 2.12. The third kappa shape index (κ3) is 32.9. The van der Waals surface area contributed by atoms with Gasteiger partial charge in [0.1, 0.15) is 0 Å². The number of carbonyl (C=O) groups is 2. The molecule has 0 aliphatic heterocycles. The average molecular weight is 404 g/mol. The van der Waals surface area contributed by atoms with E-state index in [1.807, 2.05) is 0 Å². The Balaban J connectivity index is -0.000000295. The summed E-state index contributed by atoms with van der Waals surface area (Å²) in [6.07, 6.45) is -1.20. The van der Waals surface area contributed by atoms with Crippen molar-refractivity contribution in [3.8, 4) is 0 Å². The molecule has 0 aromatic carbocycles. The van der Waals surface area contributed by atoms with Crippen LogP contribution in [0.5, 0.6) is 0 Å². The van der Waals surface area contributed by atoms with Gasteiger partial charge in [0, 0.05) is 19.5 Å². The first-order valence-corrected chi connectivity index (χ1v) is 8.37. The van der Waals surface area contributed by atoms with Crippen LogP contribution in [0.25, 0.3) is 0 Å². The molecule has 0 saturated carbocycles. The van der Waals surface area contributed by atoms with E-state index in [-0.39, 0.29) is 19.5 Å². The predicted octanol–water partition coefficient (Wildman–Crippen LogP) is -2.41. The van der Waals surface area contributed by atoms with Crippen molar-refractivity contribution in [1.82, 2.24) is 10.6 Å². The fraction of sp³-hybridized carbons (Fsp3) is 0.667. The summed E-state index contributed by atoms with van der Waals surface area (Å²) in [5, 5.41) is 20.1. The van der Waals surface area contributed by atoms with Crippen LogP contribution in [0, 0.1) is 0 Å². The molecule has 0 radical (unpaired) electrons. The Hall–Kier alpha value is -0.217. The van der Waals surface area contributed by atoms with Gasteiger partial charge in [-0.3, -0.25) is 29.4 Å². The van der Waals surface area contributed by atoms with Crippen LogP contribution in [0.2, 0.25) is 0 Å². The summed E-state index contributed by atoms with van der Waals surface area (Å²) >= 11 is 0. The first-order chi connectivity index (χ1) is 8.83. The maximum absolute atomic E-state index is 10.1. The quantitative estimate of drug-likeness (QED) is 0.157. The molecular weight excluding hydrogens is 387 g/mol. The molecule has 0 fully saturated rings. The minimum Gasteiger partial charge on any atom is -0.480 e. The molecule has 0 bridgehead atoms. The van der Waals surface area contributed by atoms with Crippen LogP contribution in [0.4, 0.5) is 0 Å². The summed E-state index contributed by atoms with van der Waals surface area (Å²) < 4.78 is 20.1. The zero-order valence-electron chi connectivity index (χ0n) is 10.7. The molecule has 0 heterocycles. The number of rotatable bonds is 8. The van der Waals surface area contributed by atoms with Crippen molar-refractivity contribution >= 4 is 27.1 Å². The molecule has 0 aromatic heterocycles. The van der Waals surface area contributed by atoms with Gasteiger partial charge in [-0.05, 0) is 0 Å². The molecule has 0 aliphatic carbocycles. The minimum absolute atomic E-state index is 0. The van der Waals surface area contributed by atoms with E-state index in [9.17, 15) is 18.7 Å². The van der Waals surface area contributed by atoms with Crippen LogP contribution in [0.3, 0.4) is 0 Å². The molecule has 15 heteroatoms. The van der Waals surface area contributed by atoms with Gasteiger partial charge in [0.2, 0.25) is 0 Å². The smallest absolute Gasteiger partial charge is 0.339 e. The van der Waals surface area contributed by atoms with Gasteiger partial charge in [0.15, 0.2) is 0 Å². The van der Waals surface area contributed by atoms with Crippen molar-refractivity contribution in [2.24, 2.45) is 0 Å². The second kappa shape index (κ2) is 12.3. The summed E-state index contributed by atoms with van der Waals surface area (Å²) in [6, 6.07) is 0. The molecule has 8 N–H and O–H groups in total. The first kappa shape index (κ1) is 25.7. The van der Waals surface area contributed by atoms with Crippen LogP contribution in [0.1, 0.15) is 0 Å². The van der Waals surface area contributed by atoms with E-state index in [0.717, 1.165) is 0 Å². The maximum Gasteiger partial charge on any atom is 0.339 e. The number of carboxylic acid groups (broad SMARTS) is 2.